The van der Waals surface area contributed by atoms with E-state index in [-0.39, 0.29) is 24.5 Å². The Balaban J connectivity index is 1.86. The molecule has 0 aromatic heterocycles. The third-order valence-electron chi connectivity index (χ3n) is 6.16. The maximum atomic E-state index is 13.6. The van der Waals surface area contributed by atoms with Crippen molar-refractivity contribution in [2.45, 2.75) is 58.7 Å². The van der Waals surface area contributed by atoms with Crippen molar-refractivity contribution in [2.24, 2.45) is 0 Å². The Kier molecular flexibility index (Phi) is 9.91. The first-order valence-corrected chi connectivity index (χ1v) is 12.4. The van der Waals surface area contributed by atoms with Gasteiger partial charge in [0.1, 0.15) is 11.8 Å². The molecule has 0 bridgehead atoms. The number of nitrogens with one attached hydrogen (secondary N) is 1. The van der Waals surface area contributed by atoms with Crippen LogP contribution in [0, 0.1) is 0 Å². The highest BCUT2D eigenvalue weighted by Gasteiger charge is 2.31. The average Bonchev–Trinajstić information content (AvgIpc) is 2.90. The summed E-state index contributed by atoms with van der Waals surface area (Å²) in [4.78, 5) is 28.7. The molecule has 0 aliphatic carbocycles. The fourth-order valence-corrected chi connectivity index (χ4v) is 3.82. The van der Waals surface area contributed by atoms with E-state index >= 15 is 0 Å². The van der Waals surface area contributed by atoms with Crippen molar-refractivity contribution >= 4 is 11.8 Å². The summed E-state index contributed by atoms with van der Waals surface area (Å²) in [5, 5.41) is 3.08. The minimum Gasteiger partial charge on any atom is -0.484 e. The van der Waals surface area contributed by atoms with Crippen molar-refractivity contribution in [3.8, 4) is 5.75 Å². The van der Waals surface area contributed by atoms with E-state index < -0.39 is 6.04 Å². The SMILES string of the molecule is CCc1ccc(OCC(=O)N(Cc2ccccc2)[C@H](Cc2ccccc2)C(=O)N[C@@H](C)CC)cc1. The van der Waals surface area contributed by atoms with Gasteiger partial charge in [0.05, 0.1) is 0 Å². The highest BCUT2D eigenvalue weighted by atomic mass is 16.5. The Hall–Kier alpha value is -3.60. The number of carbonyl (C=O) groups excluding carboxylic acids is 2. The second kappa shape index (κ2) is 13.3. The van der Waals surface area contributed by atoms with Crippen LogP contribution in [0.4, 0.5) is 0 Å². The van der Waals surface area contributed by atoms with Crippen LogP contribution in [-0.4, -0.2) is 35.4 Å². The van der Waals surface area contributed by atoms with Gasteiger partial charge in [-0.15, -0.1) is 0 Å². The lowest BCUT2D eigenvalue weighted by Gasteiger charge is -2.32. The molecule has 1 N–H and O–H groups in total. The van der Waals surface area contributed by atoms with Gasteiger partial charge in [-0.1, -0.05) is 86.6 Å². The second-order valence-electron chi connectivity index (χ2n) is 8.82. The molecule has 0 saturated carbocycles. The molecule has 2 amide bonds. The van der Waals surface area contributed by atoms with E-state index in [9.17, 15) is 9.59 Å². The molecule has 0 radical (unpaired) electrons. The zero-order chi connectivity index (χ0) is 25.0. The predicted octanol–water partition coefficient (Wildman–Crippen LogP) is 5.18. The quantitative estimate of drug-likeness (QED) is 0.395. The summed E-state index contributed by atoms with van der Waals surface area (Å²) in [5.74, 6) is 0.257. The van der Waals surface area contributed by atoms with Gasteiger partial charge in [0.2, 0.25) is 5.91 Å². The van der Waals surface area contributed by atoms with Crippen LogP contribution in [0.15, 0.2) is 84.9 Å². The van der Waals surface area contributed by atoms with Gasteiger partial charge in [-0.2, -0.15) is 0 Å². The highest BCUT2D eigenvalue weighted by molar-refractivity contribution is 5.88. The Labute approximate surface area is 209 Å². The highest BCUT2D eigenvalue weighted by Crippen LogP contribution is 2.17. The average molecular weight is 473 g/mol. The van der Waals surface area contributed by atoms with Crippen molar-refractivity contribution < 1.29 is 14.3 Å². The fourth-order valence-electron chi connectivity index (χ4n) is 3.82. The van der Waals surface area contributed by atoms with E-state index in [0.29, 0.717) is 18.7 Å². The third-order valence-corrected chi connectivity index (χ3v) is 6.16. The summed E-state index contributed by atoms with van der Waals surface area (Å²) in [5.41, 5.74) is 3.17. The van der Waals surface area contributed by atoms with Crippen molar-refractivity contribution in [1.82, 2.24) is 10.2 Å². The number of amides is 2. The molecule has 5 nitrogen and oxygen atoms in total. The molecule has 35 heavy (non-hydrogen) atoms. The number of nitrogens with zero attached hydrogens (tertiary/aromatic N) is 1. The van der Waals surface area contributed by atoms with Crippen LogP contribution in [0.3, 0.4) is 0 Å². The first-order chi connectivity index (χ1) is 17.0. The van der Waals surface area contributed by atoms with Gasteiger partial charge >= 0.3 is 0 Å². The summed E-state index contributed by atoms with van der Waals surface area (Å²) in [7, 11) is 0. The number of ether oxygens (including phenoxy) is 1. The van der Waals surface area contributed by atoms with Crippen LogP contribution in [-0.2, 0) is 29.0 Å². The number of hydrogen-bond acceptors (Lipinski definition) is 3. The van der Waals surface area contributed by atoms with Gasteiger partial charge in [0.15, 0.2) is 6.61 Å². The van der Waals surface area contributed by atoms with Gasteiger partial charge in [0, 0.05) is 19.0 Å². The number of carbonyl (C=O) groups is 2. The van der Waals surface area contributed by atoms with Crippen molar-refractivity contribution in [3.05, 3.63) is 102 Å². The minimum absolute atomic E-state index is 0.0165. The van der Waals surface area contributed by atoms with Gasteiger partial charge in [0.25, 0.3) is 5.91 Å². The molecule has 0 heterocycles. The summed E-state index contributed by atoms with van der Waals surface area (Å²) < 4.78 is 5.85. The number of hydrogen-bond donors (Lipinski definition) is 1. The number of benzene rings is 3. The Bertz CT molecular complexity index is 1050. The molecule has 3 aromatic rings. The summed E-state index contributed by atoms with van der Waals surface area (Å²) in [6.45, 7) is 6.28. The fraction of sp³-hybridized carbons (Fsp3) is 0.333. The molecular weight excluding hydrogens is 436 g/mol. The van der Waals surface area contributed by atoms with Gasteiger partial charge in [-0.3, -0.25) is 9.59 Å². The smallest absolute Gasteiger partial charge is 0.261 e. The van der Waals surface area contributed by atoms with E-state index in [1.807, 2.05) is 98.8 Å². The topological polar surface area (TPSA) is 58.6 Å². The van der Waals surface area contributed by atoms with Gasteiger partial charge < -0.3 is 15.0 Å². The van der Waals surface area contributed by atoms with Crippen molar-refractivity contribution in [1.29, 1.82) is 0 Å². The Morgan fingerprint density at radius 1 is 0.829 bits per heavy atom. The lowest BCUT2D eigenvalue weighted by atomic mass is 10.0. The van der Waals surface area contributed by atoms with Gasteiger partial charge in [-0.25, -0.2) is 0 Å². The molecule has 0 aliphatic rings. The normalized spacial score (nSPS) is 12.4. The molecule has 0 spiro atoms. The predicted molar refractivity (Wildman–Crippen MR) is 140 cm³/mol. The number of aryl methyl sites for hydroxylation is 1. The van der Waals surface area contributed by atoms with Crippen LogP contribution in [0.1, 0.15) is 43.9 Å². The zero-order valence-corrected chi connectivity index (χ0v) is 20.9. The lowest BCUT2D eigenvalue weighted by molar-refractivity contribution is -0.143. The molecule has 184 valence electrons. The van der Waals surface area contributed by atoms with Crippen LogP contribution < -0.4 is 10.1 Å². The molecule has 3 aromatic carbocycles. The first-order valence-electron chi connectivity index (χ1n) is 12.4. The third kappa shape index (κ3) is 7.99. The summed E-state index contributed by atoms with van der Waals surface area (Å²) in [6, 6.07) is 26.7. The van der Waals surface area contributed by atoms with E-state index in [1.165, 1.54) is 5.56 Å². The Morgan fingerprint density at radius 3 is 2.00 bits per heavy atom. The largest absolute Gasteiger partial charge is 0.484 e. The maximum Gasteiger partial charge on any atom is 0.261 e. The van der Waals surface area contributed by atoms with Crippen LogP contribution >= 0.6 is 0 Å². The molecule has 3 rings (SSSR count). The zero-order valence-electron chi connectivity index (χ0n) is 20.9. The monoisotopic (exact) mass is 472 g/mol. The van der Waals surface area contributed by atoms with Crippen molar-refractivity contribution in [3.63, 3.8) is 0 Å². The lowest BCUT2D eigenvalue weighted by Crippen LogP contribution is -2.53. The molecule has 5 heteroatoms. The van der Waals surface area contributed by atoms with Crippen LogP contribution in [0.25, 0.3) is 0 Å². The van der Waals surface area contributed by atoms with E-state index in [1.54, 1.807) is 4.90 Å². The van der Waals surface area contributed by atoms with E-state index in [2.05, 4.69) is 12.2 Å². The van der Waals surface area contributed by atoms with Crippen LogP contribution in [0.2, 0.25) is 0 Å². The van der Waals surface area contributed by atoms with Crippen molar-refractivity contribution in [2.75, 3.05) is 6.61 Å². The molecular formula is C30H36N2O3. The molecule has 0 saturated heterocycles. The first kappa shape index (κ1) is 26.0. The molecule has 0 fully saturated rings. The summed E-state index contributed by atoms with van der Waals surface area (Å²) >= 11 is 0. The van der Waals surface area contributed by atoms with E-state index in [0.717, 1.165) is 24.0 Å². The second-order valence-corrected chi connectivity index (χ2v) is 8.82. The number of rotatable bonds is 12. The minimum atomic E-state index is -0.662. The molecule has 2 atom stereocenters. The molecule has 0 aliphatic heterocycles. The summed E-state index contributed by atoms with van der Waals surface area (Å²) in [6.07, 6.45) is 2.18. The maximum absolute atomic E-state index is 13.6. The van der Waals surface area contributed by atoms with Gasteiger partial charge in [-0.05, 0) is 48.6 Å². The standard InChI is InChI=1S/C30H36N2O3/c1-4-23(3)31-30(34)28(20-25-12-8-6-9-13-25)32(21-26-14-10-7-11-15-26)29(33)22-35-27-18-16-24(5-2)17-19-27/h6-19,23,28H,4-5,20-22H2,1-3H3,(H,31,34)/t23-,28+/m0/s1. The van der Waals surface area contributed by atoms with E-state index in [4.69, 9.17) is 4.74 Å². The molecule has 0 unspecified atom stereocenters. The Morgan fingerprint density at radius 2 is 1.43 bits per heavy atom. The van der Waals surface area contributed by atoms with Crippen LogP contribution in [0.5, 0.6) is 5.75 Å².